The van der Waals surface area contributed by atoms with Gasteiger partial charge in [-0.15, -0.1) is 0 Å². The minimum absolute atomic E-state index is 0.149. The Balaban J connectivity index is 2.17. The highest BCUT2D eigenvalue weighted by molar-refractivity contribution is 9.10. The standard InChI is InChI=1S/C16H20BrClO2/c1-11-4-3-7-16(10-11,20-2)15(19)8-12-5-6-13(17)9-14(12)18/h5-6,9,11H,3-4,7-8,10H2,1-2H3. The number of rotatable bonds is 4. The monoisotopic (exact) mass is 358 g/mol. The molecular formula is C16H20BrClO2. The number of ketones is 1. The molecule has 0 radical (unpaired) electrons. The van der Waals surface area contributed by atoms with Gasteiger partial charge in [-0.05, 0) is 42.9 Å². The molecule has 1 aromatic rings. The van der Waals surface area contributed by atoms with Crippen LogP contribution < -0.4 is 0 Å². The molecule has 0 amide bonds. The number of carbonyl (C=O) groups excluding carboxylic acids is 1. The molecule has 0 heterocycles. The summed E-state index contributed by atoms with van der Waals surface area (Å²) in [6.07, 6.45) is 4.20. The molecule has 110 valence electrons. The van der Waals surface area contributed by atoms with Crippen LogP contribution in [0.2, 0.25) is 5.02 Å². The second kappa shape index (κ2) is 6.59. The van der Waals surface area contributed by atoms with Crippen molar-refractivity contribution in [1.82, 2.24) is 0 Å². The summed E-state index contributed by atoms with van der Waals surface area (Å²) in [5.41, 5.74) is 0.253. The largest absolute Gasteiger partial charge is 0.370 e. The fourth-order valence-corrected chi connectivity index (χ4v) is 3.79. The van der Waals surface area contributed by atoms with Gasteiger partial charge in [0.1, 0.15) is 5.60 Å². The van der Waals surface area contributed by atoms with E-state index in [0.717, 1.165) is 29.3 Å². The molecule has 2 unspecified atom stereocenters. The third kappa shape index (κ3) is 3.44. The van der Waals surface area contributed by atoms with Crippen LogP contribution in [0, 0.1) is 5.92 Å². The molecule has 0 spiro atoms. The number of hydrogen-bond donors (Lipinski definition) is 0. The lowest BCUT2D eigenvalue weighted by Crippen LogP contribution is -2.45. The Morgan fingerprint density at radius 3 is 2.90 bits per heavy atom. The normalized spacial score (nSPS) is 26.5. The second-order valence-electron chi connectivity index (χ2n) is 5.74. The van der Waals surface area contributed by atoms with E-state index >= 15 is 0 Å². The van der Waals surface area contributed by atoms with Crippen molar-refractivity contribution in [1.29, 1.82) is 0 Å². The van der Waals surface area contributed by atoms with E-state index in [-0.39, 0.29) is 5.78 Å². The zero-order valence-electron chi connectivity index (χ0n) is 11.9. The number of carbonyl (C=O) groups is 1. The number of halogens is 2. The van der Waals surface area contributed by atoms with Gasteiger partial charge in [-0.3, -0.25) is 4.79 Å². The molecule has 0 aliphatic heterocycles. The quantitative estimate of drug-likeness (QED) is 0.771. The first kappa shape index (κ1) is 16.0. The molecule has 1 aromatic carbocycles. The minimum atomic E-state index is -0.617. The van der Waals surface area contributed by atoms with Crippen molar-refractivity contribution >= 4 is 33.3 Å². The average molecular weight is 360 g/mol. The van der Waals surface area contributed by atoms with Crippen LogP contribution in [0.15, 0.2) is 22.7 Å². The minimum Gasteiger partial charge on any atom is -0.370 e. The topological polar surface area (TPSA) is 26.3 Å². The van der Waals surface area contributed by atoms with Gasteiger partial charge in [-0.25, -0.2) is 0 Å². The first-order valence-electron chi connectivity index (χ1n) is 6.99. The molecule has 0 bridgehead atoms. The first-order chi connectivity index (χ1) is 9.47. The zero-order chi connectivity index (χ0) is 14.8. The number of benzene rings is 1. The molecule has 2 nitrogen and oxygen atoms in total. The molecule has 2 atom stereocenters. The highest BCUT2D eigenvalue weighted by Crippen LogP contribution is 2.36. The Hall–Kier alpha value is -0.380. The summed E-state index contributed by atoms with van der Waals surface area (Å²) < 4.78 is 6.57. The highest BCUT2D eigenvalue weighted by atomic mass is 79.9. The van der Waals surface area contributed by atoms with E-state index in [1.165, 1.54) is 6.42 Å². The molecule has 0 aromatic heterocycles. The summed E-state index contributed by atoms with van der Waals surface area (Å²) in [5, 5.41) is 0.628. The zero-order valence-corrected chi connectivity index (χ0v) is 14.3. The Morgan fingerprint density at radius 1 is 1.55 bits per heavy atom. The molecule has 0 saturated heterocycles. The van der Waals surface area contributed by atoms with Crippen molar-refractivity contribution in [3.05, 3.63) is 33.3 Å². The van der Waals surface area contributed by atoms with E-state index in [9.17, 15) is 4.79 Å². The third-order valence-electron chi connectivity index (χ3n) is 4.22. The van der Waals surface area contributed by atoms with Crippen LogP contribution in [0.25, 0.3) is 0 Å². The van der Waals surface area contributed by atoms with Gasteiger partial charge < -0.3 is 4.74 Å². The van der Waals surface area contributed by atoms with Gasteiger partial charge in [0, 0.05) is 23.0 Å². The van der Waals surface area contributed by atoms with Crippen LogP contribution in [0.3, 0.4) is 0 Å². The van der Waals surface area contributed by atoms with E-state index in [0.29, 0.717) is 17.4 Å². The number of hydrogen-bond acceptors (Lipinski definition) is 2. The summed E-state index contributed by atoms with van der Waals surface area (Å²) in [5.74, 6) is 0.684. The number of ether oxygens (including phenoxy) is 1. The lowest BCUT2D eigenvalue weighted by molar-refractivity contribution is -0.146. The molecule has 0 N–H and O–H groups in total. The van der Waals surface area contributed by atoms with Crippen LogP contribution in [-0.2, 0) is 16.0 Å². The van der Waals surface area contributed by atoms with Gasteiger partial charge in [-0.2, -0.15) is 0 Å². The van der Waals surface area contributed by atoms with Gasteiger partial charge in [-0.1, -0.05) is 46.9 Å². The van der Waals surface area contributed by atoms with Gasteiger partial charge in [0.2, 0.25) is 0 Å². The van der Waals surface area contributed by atoms with E-state index in [1.54, 1.807) is 7.11 Å². The molecule has 20 heavy (non-hydrogen) atoms. The predicted molar refractivity (Wildman–Crippen MR) is 85.2 cm³/mol. The molecular weight excluding hydrogens is 340 g/mol. The van der Waals surface area contributed by atoms with E-state index in [1.807, 2.05) is 18.2 Å². The van der Waals surface area contributed by atoms with Gasteiger partial charge in [0.05, 0.1) is 0 Å². The van der Waals surface area contributed by atoms with Crippen LogP contribution in [0.4, 0.5) is 0 Å². The molecule has 1 aliphatic rings. The highest BCUT2D eigenvalue weighted by Gasteiger charge is 2.41. The lowest BCUT2D eigenvalue weighted by Gasteiger charge is -2.37. The van der Waals surface area contributed by atoms with Crippen molar-refractivity contribution in [2.45, 2.75) is 44.6 Å². The summed E-state index contributed by atoms with van der Waals surface area (Å²) in [7, 11) is 1.65. The van der Waals surface area contributed by atoms with Crippen molar-refractivity contribution < 1.29 is 9.53 Å². The second-order valence-corrected chi connectivity index (χ2v) is 7.06. The first-order valence-corrected chi connectivity index (χ1v) is 8.16. The predicted octanol–water partition coefficient (Wildman–Crippen LogP) is 4.81. The number of Topliss-reactive ketones (excluding diaryl/α,β-unsaturated/α-hetero) is 1. The van der Waals surface area contributed by atoms with E-state index in [4.69, 9.17) is 16.3 Å². The molecule has 1 fully saturated rings. The lowest BCUT2D eigenvalue weighted by atomic mass is 9.75. The summed E-state index contributed by atoms with van der Waals surface area (Å²) in [6, 6.07) is 5.64. The molecule has 1 aliphatic carbocycles. The van der Waals surface area contributed by atoms with Gasteiger partial charge in [0.25, 0.3) is 0 Å². The Bertz CT molecular complexity index is 503. The number of methoxy groups -OCH3 is 1. The van der Waals surface area contributed by atoms with Crippen molar-refractivity contribution in [3.8, 4) is 0 Å². The third-order valence-corrected chi connectivity index (χ3v) is 5.07. The molecule has 4 heteroatoms. The fraction of sp³-hybridized carbons (Fsp3) is 0.562. The Labute approximate surface area is 134 Å². The van der Waals surface area contributed by atoms with E-state index in [2.05, 4.69) is 22.9 Å². The SMILES string of the molecule is COC1(C(=O)Cc2ccc(Br)cc2Cl)CCCC(C)C1. The molecule has 2 rings (SSSR count). The average Bonchev–Trinajstić information content (AvgIpc) is 2.41. The van der Waals surface area contributed by atoms with Crippen molar-refractivity contribution in [2.24, 2.45) is 5.92 Å². The maximum atomic E-state index is 12.7. The summed E-state index contributed by atoms with van der Waals surface area (Å²) in [4.78, 5) is 12.7. The molecule has 1 saturated carbocycles. The van der Waals surface area contributed by atoms with Crippen LogP contribution in [0.5, 0.6) is 0 Å². The van der Waals surface area contributed by atoms with Crippen molar-refractivity contribution in [3.63, 3.8) is 0 Å². The van der Waals surface area contributed by atoms with Gasteiger partial charge in [0.15, 0.2) is 5.78 Å². The van der Waals surface area contributed by atoms with Crippen LogP contribution in [-0.4, -0.2) is 18.5 Å². The maximum absolute atomic E-state index is 12.7. The smallest absolute Gasteiger partial charge is 0.169 e. The summed E-state index contributed by atoms with van der Waals surface area (Å²) >= 11 is 9.58. The maximum Gasteiger partial charge on any atom is 0.169 e. The summed E-state index contributed by atoms with van der Waals surface area (Å²) in [6.45, 7) is 2.19. The van der Waals surface area contributed by atoms with Crippen LogP contribution in [0.1, 0.15) is 38.2 Å². The van der Waals surface area contributed by atoms with E-state index < -0.39 is 5.60 Å². The fourth-order valence-electron chi connectivity index (χ4n) is 3.05. The van der Waals surface area contributed by atoms with Crippen LogP contribution >= 0.6 is 27.5 Å². The van der Waals surface area contributed by atoms with Crippen molar-refractivity contribution in [2.75, 3.05) is 7.11 Å². The Kier molecular flexibility index (Phi) is 5.27. The Morgan fingerprint density at radius 2 is 2.30 bits per heavy atom. The van der Waals surface area contributed by atoms with Gasteiger partial charge >= 0.3 is 0 Å².